The van der Waals surface area contributed by atoms with Crippen LogP contribution < -0.4 is 0 Å². The largest absolute Gasteiger partial charge is 0.463 e. The van der Waals surface area contributed by atoms with Crippen molar-refractivity contribution >= 4 is 11.9 Å². The van der Waals surface area contributed by atoms with Crippen molar-refractivity contribution < 1.29 is 42.7 Å². The maximum absolute atomic E-state index is 11.5. The van der Waals surface area contributed by atoms with E-state index in [1.807, 2.05) is 0 Å². The molecule has 0 unspecified atom stereocenters. The molecule has 0 aliphatic heterocycles. The van der Waals surface area contributed by atoms with E-state index in [9.17, 15) is 9.59 Å². The fourth-order valence-corrected chi connectivity index (χ4v) is 2.46. The Bertz CT molecular complexity index is 483. The van der Waals surface area contributed by atoms with E-state index in [-0.39, 0.29) is 19.2 Å². The third-order valence-electron chi connectivity index (χ3n) is 4.27. The molecule has 0 aliphatic carbocycles. The van der Waals surface area contributed by atoms with Crippen molar-refractivity contribution in [2.75, 3.05) is 79.3 Å². The van der Waals surface area contributed by atoms with Crippen LogP contribution in [0.3, 0.4) is 0 Å². The Hall–Kier alpha value is -1.52. The van der Waals surface area contributed by atoms with Gasteiger partial charge in [0.1, 0.15) is 13.2 Å². The molecule has 0 N–H and O–H groups in total. The highest BCUT2D eigenvalue weighted by Crippen LogP contribution is 2.05. The summed E-state index contributed by atoms with van der Waals surface area (Å²) in [4.78, 5) is 22.7. The highest BCUT2D eigenvalue weighted by atomic mass is 16.6. The highest BCUT2D eigenvalue weighted by molar-refractivity contribution is 5.86. The number of esters is 2. The average Bonchev–Trinajstić information content (AvgIpc) is 2.80. The maximum atomic E-state index is 11.5. The Kier molecular flexibility index (Phi) is 24.0. The van der Waals surface area contributed by atoms with Crippen molar-refractivity contribution in [2.24, 2.45) is 0 Å². The fourth-order valence-electron chi connectivity index (χ4n) is 2.46. The topological polar surface area (TPSA) is 98.8 Å². The molecule has 194 valence electrons. The van der Waals surface area contributed by atoms with Crippen molar-refractivity contribution in [3.8, 4) is 0 Å². The summed E-state index contributed by atoms with van der Waals surface area (Å²) < 4.78 is 36.8. The number of unbranched alkanes of at least 4 members (excludes halogenated alkanes) is 4. The van der Waals surface area contributed by atoms with Crippen LogP contribution in [0.1, 0.15) is 52.4 Å². The van der Waals surface area contributed by atoms with Gasteiger partial charge >= 0.3 is 11.9 Å². The molecule has 33 heavy (non-hydrogen) atoms. The van der Waals surface area contributed by atoms with Crippen LogP contribution in [0.4, 0.5) is 0 Å². The highest BCUT2D eigenvalue weighted by Gasteiger charge is 2.03. The zero-order valence-electron chi connectivity index (χ0n) is 20.6. The summed E-state index contributed by atoms with van der Waals surface area (Å²) in [6.07, 6.45) is 6.07. The first-order valence-electron chi connectivity index (χ1n) is 11.9. The first-order valence-corrected chi connectivity index (χ1v) is 11.9. The first-order chi connectivity index (χ1) is 16.1. The molecule has 0 heterocycles. The van der Waals surface area contributed by atoms with Crippen molar-refractivity contribution in [1.29, 1.82) is 0 Å². The summed E-state index contributed by atoms with van der Waals surface area (Å²) in [6.45, 7) is 12.1. The van der Waals surface area contributed by atoms with Crippen molar-refractivity contribution in [1.82, 2.24) is 0 Å². The fraction of sp³-hybridized carbons (Fsp3) is 0.833. The average molecular weight is 477 g/mol. The Morgan fingerprint density at radius 3 is 1.39 bits per heavy atom. The predicted octanol–water partition coefficient (Wildman–Crippen LogP) is 3.09. The van der Waals surface area contributed by atoms with E-state index in [0.717, 1.165) is 12.8 Å². The molecule has 9 nitrogen and oxygen atoms in total. The lowest BCUT2D eigenvalue weighted by atomic mass is 10.1. The van der Waals surface area contributed by atoms with Crippen molar-refractivity contribution in [3.63, 3.8) is 0 Å². The smallest absolute Gasteiger partial charge is 0.333 e. The van der Waals surface area contributed by atoms with Gasteiger partial charge in [-0.05, 0) is 13.3 Å². The first kappa shape index (κ1) is 31.5. The van der Waals surface area contributed by atoms with Crippen molar-refractivity contribution in [3.05, 3.63) is 12.2 Å². The molecule has 0 bridgehead atoms. The summed E-state index contributed by atoms with van der Waals surface area (Å²) >= 11 is 0. The zero-order valence-corrected chi connectivity index (χ0v) is 20.6. The second kappa shape index (κ2) is 25.1. The number of carbonyl (C=O) groups is 2. The van der Waals surface area contributed by atoms with E-state index in [1.165, 1.54) is 19.3 Å². The minimum atomic E-state index is -0.412. The third kappa shape index (κ3) is 24.9. The summed E-state index contributed by atoms with van der Waals surface area (Å²) in [7, 11) is 0. The van der Waals surface area contributed by atoms with E-state index in [0.29, 0.717) is 78.1 Å². The third-order valence-corrected chi connectivity index (χ3v) is 4.27. The number of hydrogen-bond acceptors (Lipinski definition) is 9. The standard InChI is InChI=1S/C24H44O9/c1-4-5-6-7-8-9-23(25)32-20-18-30-16-14-28-12-10-27-11-13-29-15-17-31-19-21-33-24(26)22(2)3/h2,4-21H2,1,3H3. The Morgan fingerprint density at radius 2 is 0.970 bits per heavy atom. The normalized spacial score (nSPS) is 10.8. The van der Waals surface area contributed by atoms with Gasteiger partial charge in [-0.25, -0.2) is 4.79 Å². The second-order valence-electron chi connectivity index (χ2n) is 7.36. The van der Waals surface area contributed by atoms with Gasteiger partial charge in [-0.1, -0.05) is 39.2 Å². The molecule has 9 heteroatoms. The van der Waals surface area contributed by atoms with E-state index < -0.39 is 5.97 Å². The molecule has 0 aromatic rings. The van der Waals surface area contributed by atoms with Crippen LogP contribution in [0.15, 0.2) is 12.2 Å². The maximum Gasteiger partial charge on any atom is 0.333 e. The van der Waals surface area contributed by atoms with E-state index in [1.54, 1.807) is 6.92 Å². The van der Waals surface area contributed by atoms with Gasteiger partial charge in [0.25, 0.3) is 0 Å². The Morgan fingerprint density at radius 1 is 0.576 bits per heavy atom. The monoisotopic (exact) mass is 476 g/mol. The van der Waals surface area contributed by atoms with Crippen LogP contribution in [0.25, 0.3) is 0 Å². The second-order valence-corrected chi connectivity index (χ2v) is 7.36. The molecule has 0 saturated carbocycles. The van der Waals surface area contributed by atoms with Crippen molar-refractivity contribution in [2.45, 2.75) is 52.4 Å². The molecular formula is C24H44O9. The van der Waals surface area contributed by atoms with Gasteiger partial charge in [-0.3, -0.25) is 4.79 Å². The minimum absolute atomic E-state index is 0.151. The Balaban J connectivity index is 3.15. The van der Waals surface area contributed by atoms with Crippen LogP contribution in [-0.4, -0.2) is 91.2 Å². The van der Waals surface area contributed by atoms with Crippen LogP contribution in [0.5, 0.6) is 0 Å². The molecule has 0 spiro atoms. The zero-order chi connectivity index (χ0) is 24.4. The van der Waals surface area contributed by atoms with Gasteiger partial charge in [0.2, 0.25) is 0 Å². The molecule has 0 fully saturated rings. The summed E-state index contributed by atoms with van der Waals surface area (Å²) in [5, 5.41) is 0. The lowest BCUT2D eigenvalue weighted by molar-refractivity contribution is -0.145. The van der Waals surface area contributed by atoms with Crippen LogP contribution in [0.2, 0.25) is 0 Å². The predicted molar refractivity (Wildman–Crippen MR) is 124 cm³/mol. The van der Waals surface area contributed by atoms with Gasteiger partial charge in [-0.15, -0.1) is 0 Å². The molecular weight excluding hydrogens is 432 g/mol. The molecule has 0 aliphatic rings. The van der Waals surface area contributed by atoms with Crippen LogP contribution in [0, 0.1) is 0 Å². The lowest BCUT2D eigenvalue weighted by Gasteiger charge is -2.08. The minimum Gasteiger partial charge on any atom is -0.463 e. The van der Waals surface area contributed by atoms with Gasteiger partial charge in [0.05, 0.1) is 66.1 Å². The number of hydrogen-bond donors (Lipinski definition) is 0. The molecule has 0 saturated heterocycles. The summed E-state index contributed by atoms with van der Waals surface area (Å²) in [5.41, 5.74) is 0.371. The molecule has 0 aromatic carbocycles. The van der Waals surface area contributed by atoms with Crippen LogP contribution in [-0.2, 0) is 42.7 Å². The van der Waals surface area contributed by atoms with E-state index in [2.05, 4.69) is 13.5 Å². The molecule has 0 rings (SSSR count). The molecule has 0 radical (unpaired) electrons. The molecule has 0 aromatic heterocycles. The molecule has 0 atom stereocenters. The number of ether oxygens (including phenoxy) is 7. The lowest BCUT2D eigenvalue weighted by Crippen LogP contribution is -2.15. The van der Waals surface area contributed by atoms with Gasteiger partial charge < -0.3 is 33.2 Å². The summed E-state index contributed by atoms with van der Waals surface area (Å²) in [6, 6.07) is 0. The van der Waals surface area contributed by atoms with Crippen LogP contribution >= 0.6 is 0 Å². The number of rotatable bonds is 25. The van der Waals surface area contributed by atoms with E-state index in [4.69, 9.17) is 33.2 Å². The quantitative estimate of drug-likeness (QED) is 0.112. The SMILES string of the molecule is C=C(C)C(=O)OCCOCCOCCOCCOCCOCCOC(=O)CCCCCCC. The van der Waals surface area contributed by atoms with Gasteiger partial charge in [0, 0.05) is 12.0 Å². The Labute approximate surface area is 199 Å². The van der Waals surface area contributed by atoms with Gasteiger partial charge in [-0.2, -0.15) is 0 Å². The number of carbonyl (C=O) groups excluding carboxylic acids is 2. The van der Waals surface area contributed by atoms with E-state index >= 15 is 0 Å². The van der Waals surface area contributed by atoms with Gasteiger partial charge in [0.15, 0.2) is 0 Å². The summed E-state index contributed by atoms with van der Waals surface area (Å²) in [5.74, 6) is -0.563. The molecule has 0 amide bonds.